The molecule has 2 atom stereocenters. The van der Waals surface area contributed by atoms with E-state index in [9.17, 15) is 9.70 Å². The van der Waals surface area contributed by atoms with Crippen LogP contribution >= 0.6 is 0 Å². The van der Waals surface area contributed by atoms with Crippen molar-refractivity contribution in [2.45, 2.75) is 38.1 Å². The summed E-state index contributed by atoms with van der Waals surface area (Å²) in [7, 11) is 3.49. The van der Waals surface area contributed by atoms with E-state index in [4.69, 9.17) is 9.68 Å². The summed E-state index contributed by atoms with van der Waals surface area (Å²) < 4.78 is 0. The van der Waals surface area contributed by atoms with Gasteiger partial charge in [0.05, 0.1) is 29.8 Å². The Bertz CT molecular complexity index is 1210. The molecule has 0 bridgehead atoms. The van der Waals surface area contributed by atoms with Crippen LogP contribution in [0.25, 0.3) is 0 Å². The Balaban J connectivity index is 0.000000135. The van der Waals surface area contributed by atoms with E-state index in [0.717, 1.165) is 38.7 Å². The van der Waals surface area contributed by atoms with E-state index in [1.165, 1.54) is 0 Å². The van der Waals surface area contributed by atoms with Crippen LogP contribution in [0.3, 0.4) is 0 Å². The minimum atomic E-state index is -0.977. The summed E-state index contributed by atoms with van der Waals surface area (Å²) in [5, 5.41) is 9.44. The number of fused-ring (bicyclic) bond motifs is 4. The molecule has 164 valence electrons. The first-order valence-electron chi connectivity index (χ1n) is 10.4. The van der Waals surface area contributed by atoms with Crippen LogP contribution in [-0.2, 0) is 21.1 Å². The zero-order valence-corrected chi connectivity index (χ0v) is 18.4. The van der Waals surface area contributed by atoms with Gasteiger partial charge in [0.15, 0.2) is 4.87 Å². The number of hydrazine groups is 1. The van der Waals surface area contributed by atoms with E-state index in [0.29, 0.717) is 12.8 Å². The van der Waals surface area contributed by atoms with E-state index in [1.807, 2.05) is 62.4 Å². The lowest BCUT2D eigenvalue weighted by Crippen LogP contribution is -2.41. The predicted octanol–water partition coefficient (Wildman–Crippen LogP) is 3.50. The quantitative estimate of drug-likeness (QED) is 0.593. The Hall–Kier alpha value is -3.75. The van der Waals surface area contributed by atoms with Crippen LogP contribution in [0.4, 0.5) is 5.69 Å². The van der Waals surface area contributed by atoms with Crippen molar-refractivity contribution in [3.05, 3.63) is 70.1 Å². The molecule has 0 aromatic heterocycles. The summed E-state index contributed by atoms with van der Waals surface area (Å²) in [5.41, 5.74) is 3.48. The number of carbonyl (C=O) groups excluding carboxylic acids is 1. The van der Waals surface area contributed by atoms with Gasteiger partial charge < -0.3 is 9.68 Å². The molecule has 0 radical (unpaired) electrons. The van der Waals surface area contributed by atoms with E-state index in [-0.39, 0.29) is 5.91 Å². The lowest BCUT2D eigenvalue weighted by molar-refractivity contribution is -0.683. The molecule has 2 aromatic carbocycles. The molecular weight excluding hydrogens is 410 g/mol. The van der Waals surface area contributed by atoms with Crippen molar-refractivity contribution >= 4 is 23.0 Å². The maximum atomic E-state index is 12.2. The van der Waals surface area contributed by atoms with Crippen molar-refractivity contribution in [1.29, 1.82) is 0 Å². The van der Waals surface area contributed by atoms with Crippen LogP contribution in [0.2, 0.25) is 0 Å². The lowest BCUT2D eigenvalue weighted by atomic mass is 9.97. The second kappa shape index (κ2) is 6.88. The van der Waals surface area contributed by atoms with Gasteiger partial charge in [-0.15, -0.1) is 5.01 Å². The molecule has 4 aliphatic heterocycles. The highest BCUT2D eigenvalue weighted by atomic mass is 16.7. The van der Waals surface area contributed by atoms with Gasteiger partial charge in [-0.25, -0.2) is 0 Å². The second-order valence-corrected chi connectivity index (χ2v) is 8.48. The van der Waals surface area contributed by atoms with Gasteiger partial charge in [-0.3, -0.25) is 9.69 Å². The maximum absolute atomic E-state index is 12.2. The molecule has 9 nitrogen and oxygen atoms in total. The van der Waals surface area contributed by atoms with Crippen LogP contribution < -0.4 is 5.01 Å². The van der Waals surface area contributed by atoms with Crippen molar-refractivity contribution in [2.75, 3.05) is 19.1 Å². The van der Waals surface area contributed by atoms with E-state index in [1.54, 1.807) is 24.0 Å². The Morgan fingerprint density at radius 1 is 0.906 bits per heavy atom. The number of nitroso groups, excluding NO2 is 1. The number of oxime groups is 2. The standard InChI is InChI=1S/C12H12N2O2.C11H12N3O2/c1-8-7-12(16-13-8)10-6-4-3-5-9(10)11(15)14(12)2;1-8-7-11(16-12-8)9-5-3-4-6-10(9)13(2)14(11)15/h2*3-6H,7H2,1-2H3/q;+1/t12-;11-/m11/s1. The molecule has 0 saturated carbocycles. The minimum Gasteiger partial charge on any atom is -0.362 e. The van der Waals surface area contributed by atoms with Crippen molar-refractivity contribution in [3.8, 4) is 0 Å². The van der Waals surface area contributed by atoms with Gasteiger partial charge in [-0.05, 0) is 32.0 Å². The van der Waals surface area contributed by atoms with Gasteiger partial charge >= 0.3 is 5.72 Å². The topological polar surface area (TPSA) is 86.8 Å². The van der Waals surface area contributed by atoms with Crippen molar-refractivity contribution in [2.24, 2.45) is 10.3 Å². The molecular formula is C23H24N5O4+. The number of nitrogens with zero attached hydrogens (tertiary/aromatic N) is 5. The average Bonchev–Trinajstić information content (AvgIpc) is 3.50. The number of amides is 1. The molecule has 1 amide bonds. The molecule has 4 aliphatic rings. The predicted molar refractivity (Wildman–Crippen MR) is 118 cm³/mol. The third kappa shape index (κ3) is 2.60. The first-order chi connectivity index (χ1) is 15.3. The van der Waals surface area contributed by atoms with Gasteiger partial charge in [0.25, 0.3) is 5.91 Å². The number of hydrogen-bond donors (Lipinski definition) is 0. The number of rotatable bonds is 0. The van der Waals surface area contributed by atoms with Gasteiger partial charge in [-0.1, -0.05) is 40.6 Å². The van der Waals surface area contributed by atoms with E-state index in [2.05, 4.69) is 10.3 Å². The summed E-state index contributed by atoms with van der Waals surface area (Å²) in [6, 6.07) is 15.2. The highest BCUT2D eigenvalue weighted by molar-refractivity contribution is 6.01. The fraction of sp³-hybridized carbons (Fsp3) is 0.348. The number of benzene rings is 2. The van der Waals surface area contributed by atoms with Gasteiger partial charge in [-0.2, -0.15) is 0 Å². The first kappa shape index (κ1) is 20.2. The molecule has 32 heavy (non-hydrogen) atoms. The highest BCUT2D eigenvalue weighted by Gasteiger charge is 2.64. The maximum Gasteiger partial charge on any atom is 0.437 e. The molecule has 0 unspecified atom stereocenters. The Morgan fingerprint density at radius 3 is 2.19 bits per heavy atom. The van der Waals surface area contributed by atoms with E-state index < -0.39 is 11.4 Å². The molecule has 9 heteroatoms. The van der Waals surface area contributed by atoms with Crippen molar-refractivity contribution < 1.29 is 19.3 Å². The van der Waals surface area contributed by atoms with Crippen LogP contribution in [0.15, 0.2) is 58.8 Å². The molecule has 0 fully saturated rings. The monoisotopic (exact) mass is 434 g/mol. The van der Waals surface area contributed by atoms with E-state index >= 15 is 0 Å². The molecule has 2 spiro atoms. The zero-order valence-electron chi connectivity index (χ0n) is 18.4. The number of anilines is 1. The Kier molecular flexibility index (Phi) is 4.34. The normalized spacial score (nSPS) is 27.0. The average molecular weight is 434 g/mol. The van der Waals surface area contributed by atoms with Crippen molar-refractivity contribution in [1.82, 2.24) is 4.90 Å². The van der Waals surface area contributed by atoms with Crippen LogP contribution in [0.1, 0.15) is 48.2 Å². The van der Waals surface area contributed by atoms with Gasteiger partial charge in [0, 0.05) is 18.2 Å². The Morgan fingerprint density at radius 2 is 1.53 bits per heavy atom. The summed E-state index contributed by atoms with van der Waals surface area (Å²) >= 11 is 0. The number of para-hydroxylation sites is 1. The highest BCUT2D eigenvalue weighted by Crippen LogP contribution is 2.46. The molecule has 0 saturated heterocycles. The molecule has 4 heterocycles. The van der Waals surface area contributed by atoms with Crippen LogP contribution in [-0.4, -0.2) is 41.2 Å². The minimum absolute atomic E-state index is 0.000463. The third-order valence-electron chi connectivity index (χ3n) is 6.38. The second-order valence-electron chi connectivity index (χ2n) is 8.48. The molecule has 0 N–H and O–H groups in total. The smallest absolute Gasteiger partial charge is 0.362 e. The fourth-order valence-corrected chi connectivity index (χ4v) is 4.77. The largest absolute Gasteiger partial charge is 0.437 e. The van der Waals surface area contributed by atoms with Crippen molar-refractivity contribution in [3.63, 3.8) is 0 Å². The van der Waals surface area contributed by atoms with Gasteiger partial charge in [0.1, 0.15) is 17.7 Å². The summed E-state index contributed by atoms with van der Waals surface area (Å²) in [6.07, 6.45) is 1.16. The SMILES string of the molecule is CC1=NO[C@]2(C1)c1ccccc1C(=O)N2C.CC1=NO[C@]2(C1)c1ccccc1N(C)[N+]2=O. The van der Waals surface area contributed by atoms with Crippen LogP contribution in [0, 0.1) is 4.91 Å². The molecule has 0 aliphatic carbocycles. The summed E-state index contributed by atoms with van der Waals surface area (Å²) in [6.45, 7) is 3.78. The number of hydrogen-bond acceptors (Lipinski definition) is 6. The number of carbonyl (C=O) groups is 1. The lowest BCUT2D eigenvalue weighted by Gasteiger charge is -2.29. The molecule has 6 rings (SSSR count). The zero-order chi connectivity index (χ0) is 22.7. The summed E-state index contributed by atoms with van der Waals surface area (Å²) in [5.74, 6) is 0.000463. The summed E-state index contributed by atoms with van der Waals surface area (Å²) in [4.78, 5) is 37.6. The third-order valence-corrected chi connectivity index (χ3v) is 6.38. The van der Waals surface area contributed by atoms with Gasteiger partial charge in [0.2, 0.25) is 5.72 Å². The van der Waals surface area contributed by atoms with Crippen LogP contribution in [0.5, 0.6) is 0 Å². The first-order valence-corrected chi connectivity index (χ1v) is 10.4. The molecule has 2 aromatic rings. The fourth-order valence-electron chi connectivity index (χ4n) is 4.77. The Labute approximate surface area is 185 Å².